The molecule has 1 aliphatic rings. The van der Waals surface area contributed by atoms with E-state index < -0.39 is 0 Å². The number of rotatable bonds is 2. The lowest BCUT2D eigenvalue weighted by Gasteiger charge is -2.12. The molecule has 1 aliphatic carbocycles. The summed E-state index contributed by atoms with van der Waals surface area (Å²) in [6, 6.07) is 7.14. The van der Waals surface area contributed by atoms with E-state index in [1.54, 1.807) is 12.1 Å². The predicted octanol–water partition coefficient (Wildman–Crippen LogP) is 1.25. The summed E-state index contributed by atoms with van der Waals surface area (Å²) in [4.78, 5) is 0. The van der Waals surface area contributed by atoms with Gasteiger partial charge in [-0.3, -0.25) is 0 Å². The molecule has 2 rings (SSSR count). The minimum absolute atomic E-state index is 0.0454. The summed E-state index contributed by atoms with van der Waals surface area (Å²) in [7, 11) is 0. The molecule has 0 saturated heterocycles. The summed E-state index contributed by atoms with van der Waals surface area (Å²) in [5, 5.41) is 18.1. The van der Waals surface area contributed by atoms with Crippen molar-refractivity contribution >= 4 is 0 Å². The number of nitriles is 1. The van der Waals surface area contributed by atoms with Gasteiger partial charge in [0, 0.05) is 12.0 Å². The van der Waals surface area contributed by atoms with Gasteiger partial charge in [-0.2, -0.15) is 5.26 Å². The summed E-state index contributed by atoms with van der Waals surface area (Å²) >= 11 is 0. The van der Waals surface area contributed by atoms with Crippen molar-refractivity contribution in [3.05, 3.63) is 29.3 Å². The van der Waals surface area contributed by atoms with Crippen LogP contribution in [0, 0.1) is 11.3 Å². The molecule has 1 saturated carbocycles. The Labute approximate surface area is 82.8 Å². The van der Waals surface area contributed by atoms with E-state index in [0.29, 0.717) is 12.1 Å². The molecule has 14 heavy (non-hydrogen) atoms. The Balaban J connectivity index is 2.42. The molecular weight excluding hydrogens is 176 g/mol. The van der Waals surface area contributed by atoms with E-state index >= 15 is 0 Å². The highest BCUT2D eigenvalue weighted by Crippen LogP contribution is 2.47. The summed E-state index contributed by atoms with van der Waals surface area (Å²) < 4.78 is 0. The van der Waals surface area contributed by atoms with E-state index in [2.05, 4.69) is 0 Å². The average Bonchev–Trinajstić information content (AvgIpc) is 2.99. The highest BCUT2D eigenvalue weighted by atomic mass is 16.3. The quantitative estimate of drug-likeness (QED) is 0.733. The molecule has 1 fully saturated rings. The average molecular weight is 188 g/mol. The molecule has 0 spiro atoms. The molecule has 0 aromatic heterocycles. The van der Waals surface area contributed by atoms with Gasteiger partial charge in [-0.15, -0.1) is 0 Å². The molecule has 0 radical (unpaired) electrons. The van der Waals surface area contributed by atoms with E-state index in [9.17, 15) is 5.11 Å². The van der Waals surface area contributed by atoms with Gasteiger partial charge in [0.25, 0.3) is 0 Å². The zero-order valence-corrected chi connectivity index (χ0v) is 7.83. The van der Waals surface area contributed by atoms with Crippen LogP contribution in [0.15, 0.2) is 18.2 Å². The highest BCUT2D eigenvalue weighted by molar-refractivity contribution is 5.47. The largest absolute Gasteiger partial charge is 0.507 e. The van der Waals surface area contributed by atoms with Gasteiger partial charge in [-0.05, 0) is 30.5 Å². The lowest BCUT2D eigenvalue weighted by molar-refractivity contribution is 0.473. The van der Waals surface area contributed by atoms with Crippen molar-refractivity contribution in [2.75, 3.05) is 6.54 Å². The van der Waals surface area contributed by atoms with Crippen LogP contribution in [-0.2, 0) is 5.41 Å². The Kier molecular flexibility index (Phi) is 1.94. The molecule has 3 N–H and O–H groups in total. The molecule has 3 nitrogen and oxygen atoms in total. The Hall–Kier alpha value is -1.53. The lowest BCUT2D eigenvalue weighted by Crippen LogP contribution is -2.19. The van der Waals surface area contributed by atoms with E-state index in [1.165, 1.54) is 0 Å². The third kappa shape index (κ3) is 1.24. The van der Waals surface area contributed by atoms with Gasteiger partial charge in [0.15, 0.2) is 0 Å². The first-order valence-corrected chi connectivity index (χ1v) is 4.65. The van der Waals surface area contributed by atoms with Gasteiger partial charge >= 0.3 is 0 Å². The van der Waals surface area contributed by atoms with Gasteiger partial charge in [0.05, 0.1) is 5.56 Å². The van der Waals surface area contributed by atoms with E-state index in [1.807, 2.05) is 12.1 Å². The number of hydrogen-bond donors (Lipinski definition) is 2. The normalized spacial score (nSPS) is 17.4. The van der Waals surface area contributed by atoms with Gasteiger partial charge in [-0.25, -0.2) is 0 Å². The summed E-state index contributed by atoms with van der Waals surface area (Å²) in [6.45, 7) is 0.614. The van der Waals surface area contributed by atoms with Crippen LogP contribution in [0.3, 0.4) is 0 Å². The van der Waals surface area contributed by atoms with Crippen LogP contribution >= 0.6 is 0 Å². The molecule has 3 heteroatoms. The van der Waals surface area contributed by atoms with Crippen molar-refractivity contribution in [1.29, 1.82) is 5.26 Å². The van der Waals surface area contributed by atoms with Crippen molar-refractivity contribution in [3.63, 3.8) is 0 Å². The molecule has 0 amide bonds. The predicted molar refractivity (Wildman–Crippen MR) is 52.8 cm³/mol. The third-order valence-corrected chi connectivity index (χ3v) is 2.97. The SMILES string of the molecule is N#Cc1cc(C2(CN)CC2)ccc1O. The number of aromatic hydroxyl groups is 1. The number of hydrogen-bond acceptors (Lipinski definition) is 3. The number of nitrogens with two attached hydrogens (primary N) is 1. The minimum atomic E-state index is 0.0454. The summed E-state index contributed by atoms with van der Waals surface area (Å²) in [5.41, 5.74) is 7.18. The summed E-state index contributed by atoms with van der Waals surface area (Å²) in [6.07, 6.45) is 2.16. The molecule has 72 valence electrons. The van der Waals surface area contributed by atoms with Gasteiger partial charge in [0.2, 0.25) is 0 Å². The topological polar surface area (TPSA) is 70.0 Å². The Morgan fingerprint density at radius 1 is 1.50 bits per heavy atom. The monoisotopic (exact) mass is 188 g/mol. The second-order valence-corrected chi connectivity index (χ2v) is 3.83. The molecule has 0 bridgehead atoms. The lowest BCUT2D eigenvalue weighted by atomic mass is 9.94. The minimum Gasteiger partial charge on any atom is -0.507 e. The number of benzene rings is 1. The zero-order valence-electron chi connectivity index (χ0n) is 7.83. The first-order valence-electron chi connectivity index (χ1n) is 4.65. The Bertz CT molecular complexity index is 402. The molecule has 0 heterocycles. The number of phenolic OH excluding ortho intramolecular Hbond substituents is 1. The van der Waals surface area contributed by atoms with Gasteiger partial charge in [0.1, 0.15) is 11.8 Å². The van der Waals surface area contributed by atoms with E-state index in [0.717, 1.165) is 18.4 Å². The molecule has 0 aliphatic heterocycles. The third-order valence-electron chi connectivity index (χ3n) is 2.97. The molecular formula is C11H12N2O. The Morgan fingerprint density at radius 2 is 2.21 bits per heavy atom. The fraction of sp³-hybridized carbons (Fsp3) is 0.364. The van der Waals surface area contributed by atoms with Crippen LogP contribution < -0.4 is 5.73 Å². The van der Waals surface area contributed by atoms with Crippen molar-refractivity contribution in [2.45, 2.75) is 18.3 Å². The van der Waals surface area contributed by atoms with Gasteiger partial charge < -0.3 is 10.8 Å². The van der Waals surface area contributed by atoms with Crippen molar-refractivity contribution in [1.82, 2.24) is 0 Å². The van der Waals surface area contributed by atoms with Gasteiger partial charge in [-0.1, -0.05) is 6.07 Å². The second kappa shape index (κ2) is 3.00. The van der Waals surface area contributed by atoms with Crippen LogP contribution in [0.25, 0.3) is 0 Å². The maximum Gasteiger partial charge on any atom is 0.133 e. The molecule has 1 aromatic rings. The molecule has 0 unspecified atom stereocenters. The highest BCUT2D eigenvalue weighted by Gasteiger charge is 2.42. The molecule has 0 atom stereocenters. The summed E-state index contributed by atoms with van der Waals surface area (Å²) in [5.74, 6) is 0.0454. The van der Waals surface area contributed by atoms with Crippen molar-refractivity contribution in [2.24, 2.45) is 5.73 Å². The maximum absolute atomic E-state index is 9.34. The fourth-order valence-corrected chi connectivity index (χ4v) is 1.72. The maximum atomic E-state index is 9.34. The van der Waals surface area contributed by atoms with Crippen LogP contribution in [-0.4, -0.2) is 11.7 Å². The van der Waals surface area contributed by atoms with Crippen LogP contribution in [0.4, 0.5) is 0 Å². The fourth-order valence-electron chi connectivity index (χ4n) is 1.72. The first-order chi connectivity index (χ1) is 6.72. The molecule has 1 aromatic carbocycles. The first kappa shape index (κ1) is 9.04. The van der Waals surface area contributed by atoms with Crippen molar-refractivity contribution in [3.8, 4) is 11.8 Å². The Morgan fingerprint density at radius 3 is 2.71 bits per heavy atom. The van der Waals surface area contributed by atoms with E-state index in [4.69, 9.17) is 11.0 Å². The van der Waals surface area contributed by atoms with Crippen LogP contribution in [0.5, 0.6) is 5.75 Å². The second-order valence-electron chi connectivity index (χ2n) is 3.83. The number of nitrogens with zero attached hydrogens (tertiary/aromatic N) is 1. The number of phenols is 1. The zero-order chi connectivity index (χ0) is 10.2. The standard InChI is InChI=1S/C11H12N2O/c12-6-8-5-9(1-2-10(8)14)11(7-13)3-4-11/h1-2,5,14H,3-4,7,13H2. The smallest absolute Gasteiger partial charge is 0.133 e. The van der Waals surface area contributed by atoms with E-state index in [-0.39, 0.29) is 11.2 Å². The van der Waals surface area contributed by atoms with Crippen LogP contribution in [0.2, 0.25) is 0 Å². The van der Waals surface area contributed by atoms with Crippen LogP contribution in [0.1, 0.15) is 24.0 Å². The van der Waals surface area contributed by atoms with Crippen molar-refractivity contribution < 1.29 is 5.11 Å².